The Kier molecular flexibility index (Phi) is 40.4. The van der Waals surface area contributed by atoms with Gasteiger partial charge in [0.15, 0.2) is 0 Å². The molecule has 0 aliphatic carbocycles. The first-order chi connectivity index (χ1) is 28.9. The maximum Gasteiger partial charge on any atom is 5.00 e. The molecule has 38 heteroatoms. The van der Waals surface area contributed by atoms with Crippen LogP contribution in [0.25, 0.3) is 0 Å². The third-order valence-electron chi connectivity index (χ3n) is 6.27. The van der Waals surface area contributed by atoms with Gasteiger partial charge >= 0.3 is 55.7 Å². The molecule has 0 radical (unpaired) electrons. The average molecular weight is 1100 g/mol. The molecule has 0 saturated heterocycles. The van der Waals surface area contributed by atoms with E-state index in [2.05, 4.69) is 0 Å². The number of hydrogen-bond acceptors (Lipinski definition) is 35. The summed E-state index contributed by atoms with van der Waals surface area (Å²) in [5.74, 6) is -29.9. The molecule has 0 aliphatic rings. The molecule has 0 aromatic carbocycles. The van der Waals surface area contributed by atoms with E-state index in [0.717, 1.165) is 0 Å². The van der Waals surface area contributed by atoms with Crippen LogP contribution in [0, 0.1) is 0 Å². The fourth-order valence-electron chi connectivity index (χ4n) is 3.42. The summed E-state index contributed by atoms with van der Waals surface area (Å²) in [6.45, 7) is 0. The molecule has 0 fully saturated rings. The van der Waals surface area contributed by atoms with Crippen LogP contribution >= 0.6 is 0 Å². The maximum atomic E-state index is 10.1. The second kappa shape index (κ2) is 34.8. The summed E-state index contributed by atoms with van der Waals surface area (Å²) in [6, 6.07) is 0. The van der Waals surface area contributed by atoms with Gasteiger partial charge in [-0.3, -0.25) is 0 Å². The van der Waals surface area contributed by atoms with E-state index < -0.39 is 182 Å². The van der Waals surface area contributed by atoms with Gasteiger partial charge in [-0.15, -0.1) is 0 Å². The summed E-state index contributed by atoms with van der Waals surface area (Å²) < 4.78 is 0. The molecule has 0 amide bonds. The summed E-state index contributed by atoms with van der Waals surface area (Å²) in [6.07, 6.45) is -13.6. The number of carboxylic acid groups (broad SMARTS) is 15. The summed E-state index contributed by atoms with van der Waals surface area (Å²) in [7, 11) is 0. The van der Waals surface area contributed by atoms with Gasteiger partial charge in [-0.2, -0.15) is 0 Å². The van der Waals surface area contributed by atoms with Crippen LogP contribution in [0.4, 0.5) is 0 Å². The Morgan fingerprint density at radius 1 is 0.206 bits per heavy atom. The largest absolute Gasteiger partial charge is 5.00 e. The Labute approximate surface area is 410 Å². The molecule has 5 N–H and O–H groups in total. The first-order valence-electron chi connectivity index (χ1n) is 15.6. The molecular weight excluding hydrogens is 1070 g/mol. The van der Waals surface area contributed by atoms with Gasteiger partial charge in [0.1, 0.15) is 28.0 Å². The van der Waals surface area contributed by atoms with Gasteiger partial charge in [-0.1, -0.05) is 0 Å². The van der Waals surface area contributed by atoms with E-state index in [0.29, 0.717) is 0 Å². The summed E-state index contributed by atoms with van der Waals surface area (Å²) in [5.41, 5.74) is -14.9. The average Bonchev–Trinajstić information content (AvgIpc) is 3.01. The minimum absolute atomic E-state index is 0. The van der Waals surface area contributed by atoms with Crippen molar-refractivity contribution in [2.75, 3.05) is 0 Å². The minimum atomic E-state index is -2.97. The van der Waals surface area contributed by atoms with E-state index in [4.69, 9.17) is 25.5 Å². The summed E-state index contributed by atoms with van der Waals surface area (Å²) >= 11 is 0. The standard InChI is InChI=1S/5C6H8O7.3V/c5*7-3(8)1-6(13,5(11)12)2-4(9)10;;;/h5*13H,1-2H2,(H,7,8)(H,9,10)(H,11,12);;;/q;;;;;3*+5/p-15. The zero-order valence-corrected chi connectivity index (χ0v) is 37.1. The molecule has 0 rings (SSSR count). The number of aliphatic carboxylic acids is 15. The molecule has 0 unspecified atom stereocenters. The molecule has 370 valence electrons. The van der Waals surface area contributed by atoms with Gasteiger partial charge in [-0.25, -0.2) is 0 Å². The van der Waals surface area contributed by atoms with Gasteiger partial charge in [0.25, 0.3) is 0 Å². The second-order valence-corrected chi connectivity index (χ2v) is 12.1. The van der Waals surface area contributed by atoms with Crippen molar-refractivity contribution in [3.8, 4) is 0 Å². The Hall–Kier alpha value is -6.40. The van der Waals surface area contributed by atoms with Crippen LogP contribution in [-0.4, -0.2) is 143 Å². The van der Waals surface area contributed by atoms with Gasteiger partial charge in [-0.05, 0) is 0 Å². The number of rotatable bonds is 25. The summed E-state index contributed by atoms with van der Waals surface area (Å²) in [5, 5.41) is 195. The SMILES string of the molecule is O=C([O-])CC(O)(CC(=O)[O-])C(=O)[O-].O=C([O-])CC(O)(CC(=O)[O-])C(=O)[O-].O=C([O-])CC(O)(CC(=O)[O-])C(=O)[O-].O=C([O-])CC(O)(CC(=O)[O-])C(=O)[O-].O=C([O-])CC(O)(CC(=O)[O-])C(=O)[O-].[V+5].[V+5].[V+5]. The molecule has 68 heavy (non-hydrogen) atoms. The molecule has 0 aromatic heterocycles. The van der Waals surface area contributed by atoms with Crippen LogP contribution in [0.2, 0.25) is 0 Å². The predicted molar refractivity (Wildman–Crippen MR) is 146 cm³/mol. The van der Waals surface area contributed by atoms with E-state index in [1.54, 1.807) is 0 Å². The summed E-state index contributed by atoms with van der Waals surface area (Å²) in [4.78, 5) is 150. The van der Waals surface area contributed by atoms with Gasteiger partial charge < -0.3 is 174 Å². The van der Waals surface area contributed by atoms with Crippen molar-refractivity contribution < 1.29 is 230 Å². The van der Waals surface area contributed by atoms with Crippen molar-refractivity contribution in [2.45, 2.75) is 92.2 Å². The molecule has 0 aromatic rings. The number of carboxylic acids is 15. The molecule has 0 spiro atoms. The van der Waals surface area contributed by atoms with Crippen LogP contribution in [0.3, 0.4) is 0 Å². The van der Waals surface area contributed by atoms with Crippen molar-refractivity contribution in [2.24, 2.45) is 0 Å². The molecule has 35 nitrogen and oxygen atoms in total. The van der Waals surface area contributed by atoms with Crippen LogP contribution in [0.15, 0.2) is 0 Å². The van der Waals surface area contributed by atoms with Crippen molar-refractivity contribution in [3.05, 3.63) is 0 Å². The first kappa shape index (κ1) is 78.7. The smallest absolute Gasteiger partial charge is 0.550 e. The van der Waals surface area contributed by atoms with E-state index in [1.807, 2.05) is 0 Å². The second-order valence-electron chi connectivity index (χ2n) is 12.1. The van der Waals surface area contributed by atoms with Crippen LogP contribution in [0.1, 0.15) is 64.2 Å². The zero-order valence-electron chi connectivity index (χ0n) is 32.9. The molecule has 0 saturated carbocycles. The quantitative estimate of drug-likeness (QED) is 0.0567. The van der Waals surface area contributed by atoms with E-state index >= 15 is 0 Å². The molecule has 0 bridgehead atoms. The fraction of sp³-hybridized carbons (Fsp3) is 0.500. The third kappa shape index (κ3) is 37.8. The van der Waals surface area contributed by atoms with E-state index in [-0.39, 0.29) is 55.7 Å². The van der Waals surface area contributed by atoms with Crippen LogP contribution in [0.5, 0.6) is 0 Å². The minimum Gasteiger partial charge on any atom is -0.550 e. The zero-order chi connectivity index (χ0) is 53.2. The van der Waals surface area contributed by atoms with Crippen molar-refractivity contribution >= 4 is 89.5 Å². The van der Waals surface area contributed by atoms with Crippen molar-refractivity contribution in [1.82, 2.24) is 0 Å². The normalized spacial score (nSPS) is 10.4. The number of carbonyl (C=O) groups excluding carboxylic acids is 15. The topological polar surface area (TPSA) is 703 Å². The van der Waals surface area contributed by atoms with Gasteiger partial charge in [0.2, 0.25) is 0 Å². The molecule has 0 heterocycles. The number of aliphatic hydroxyl groups is 5. The Bertz CT molecular complexity index is 1460. The van der Waals surface area contributed by atoms with E-state index in [1.165, 1.54) is 0 Å². The van der Waals surface area contributed by atoms with Crippen molar-refractivity contribution in [1.29, 1.82) is 0 Å². The fourth-order valence-corrected chi connectivity index (χ4v) is 3.42. The van der Waals surface area contributed by atoms with Crippen LogP contribution < -0.4 is 76.6 Å². The van der Waals surface area contributed by atoms with Gasteiger partial charge in [0.05, 0.1) is 29.8 Å². The Morgan fingerprint density at radius 3 is 0.294 bits per heavy atom. The third-order valence-corrected chi connectivity index (χ3v) is 6.27. The van der Waals surface area contributed by atoms with Crippen molar-refractivity contribution in [3.63, 3.8) is 0 Å². The Balaban J connectivity index is -0.000000109. The van der Waals surface area contributed by atoms with Gasteiger partial charge in [0, 0.05) is 124 Å². The van der Waals surface area contributed by atoms with Crippen LogP contribution in [-0.2, 0) is 128 Å². The number of hydrogen-bond donors (Lipinski definition) is 5. The monoisotopic (exact) mass is 1100 g/mol. The Morgan fingerprint density at radius 2 is 0.265 bits per heavy atom. The molecule has 0 aliphatic heterocycles. The maximum absolute atomic E-state index is 10.1. The predicted octanol–water partition coefficient (Wildman–Crippen LogP) is -26.3. The first-order valence-corrected chi connectivity index (χ1v) is 15.6. The van der Waals surface area contributed by atoms with E-state index in [9.17, 15) is 149 Å². The number of carbonyl (C=O) groups is 15. The molecular formula is C30H25O35V3. The molecule has 0 atom stereocenters.